The van der Waals surface area contributed by atoms with Gasteiger partial charge in [-0.1, -0.05) is 13.0 Å². The molecule has 0 fully saturated rings. The van der Waals surface area contributed by atoms with Crippen molar-refractivity contribution in [2.45, 2.75) is 13.5 Å². The molecular formula is C11H16N2O3S. The summed E-state index contributed by atoms with van der Waals surface area (Å²) < 4.78 is 0. The Morgan fingerprint density at radius 3 is 2.82 bits per heavy atom. The maximum absolute atomic E-state index is 11.4. The molecule has 0 bridgehead atoms. The van der Waals surface area contributed by atoms with E-state index in [9.17, 15) is 9.59 Å². The molecule has 0 aliphatic heterocycles. The summed E-state index contributed by atoms with van der Waals surface area (Å²) in [5, 5.41) is 12.8. The first-order valence-corrected chi connectivity index (χ1v) is 6.23. The lowest BCUT2D eigenvalue weighted by Gasteiger charge is -2.18. The zero-order chi connectivity index (χ0) is 12.7. The summed E-state index contributed by atoms with van der Waals surface area (Å²) >= 11 is 1.64. The van der Waals surface area contributed by atoms with Gasteiger partial charge in [-0.3, -0.25) is 14.5 Å². The fourth-order valence-electron chi connectivity index (χ4n) is 1.34. The van der Waals surface area contributed by atoms with Crippen molar-refractivity contribution >= 4 is 23.2 Å². The Hall–Kier alpha value is -1.40. The summed E-state index contributed by atoms with van der Waals surface area (Å²) in [5.74, 6) is -1.29. The maximum Gasteiger partial charge on any atom is 0.322 e. The van der Waals surface area contributed by atoms with Gasteiger partial charge in [-0.15, -0.1) is 11.3 Å². The second-order valence-corrected chi connectivity index (χ2v) is 4.59. The van der Waals surface area contributed by atoms with Gasteiger partial charge in [0.25, 0.3) is 0 Å². The third-order valence-electron chi connectivity index (χ3n) is 2.21. The van der Waals surface area contributed by atoms with E-state index in [2.05, 4.69) is 5.32 Å². The molecule has 0 radical (unpaired) electrons. The highest BCUT2D eigenvalue weighted by atomic mass is 32.1. The Morgan fingerprint density at radius 2 is 2.29 bits per heavy atom. The van der Waals surface area contributed by atoms with Crippen molar-refractivity contribution in [1.29, 1.82) is 0 Å². The molecule has 5 nitrogen and oxygen atoms in total. The van der Waals surface area contributed by atoms with Gasteiger partial charge in [0, 0.05) is 11.4 Å². The van der Waals surface area contributed by atoms with Crippen LogP contribution < -0.4 is 5.32 Å². The molecule has 0 spiro atoms. The molecule has 1 amide bonds. The van der Waals surface area contributed by atoms with E-state index in [0.717, 1.165) is 6.54 Å². The minimum absolute atomic E-state index is 0.224. The molecule has 0 aliphatic rings. The zero-order valence-corrected chi connectivity index (χ0v) is 10.5. The Kier molecular flexibility index (Phi) is 5.65. The summed E-state index contributed by atoms with van der Waals surface area (Å²) in [6, 6.07) is 3.99. The number of hydrogen-bond donors (Lipinski definition) is 2. The minimum atomic E-state index is -1.03. The van der Waals surface area contributed by atoms with E-state index >= 15 is 0 Å². The molecule has 0 unspecified atom stereocenters. The number of aliphatic carboxylic acids is 1. The van der Waals surface area contributed by atoms with Crippen LogP contribution in [0.5, 0.6) is 0 Å². The normalized spacial score (nSPS) is 10.5. The standard InChI is InChI=1S/C11H16N2O3S/c1-2-13(7-9-4-3-5-17-9)8-10(14)12-6-11(15)16/h3-5H,2,6-8H2,1H3,(H,12,14)(H,15,16). The molecule has 0 aliphatic carbocycles. The van der Waals surface area contributed by atoms with Gasteiger partial charge in [0.1, 0.15) is 6.54 Å². The number of carbonyl (C=O) groups is 2. The number of carboxylic acids is 1. The van der Waals surface area contributed by atoms with Crippen LogP contribution in [0.25, 0.3) is 0 Å². The van der Waals surface area contributed by atoms with Crippen LogP contribution in [0.2, 0.25) is 0 Å². The van der Waals surface area contributed by atoms with E-state index < -0.39 is 5.97 Å². The number of thiophene rings is 1. The van der Waals surface area contributed by atoms with E-state index in [0.29, 0.717) is 6.54 Å². The Morgan fingerprint density at radius 1 is 1.53 bits per heavy atom. The first-order chi connectivity index (χ1) is 8.11. The fraction of sp³-hybridized carbons (Fsp3) is 0.455. The molecule has 0 aromatic carbocycles. The van der Waals surface area contributed by atoms with Crippen LogP contribution in [0.1, 0.15) is 11.8 Å². The number of nitrogens with zero attached hydrogens (tertiary/aromatic N) is 1. The summed E-state index contributed by atoms with van der Waals surface area (Å²) in [5.41, 5.74) is 0. The van der Waals surface area contributed by atoms with Gasteiger partial charge >= 0.3 is 5.97 Å². The molecule has 6 heteroatoms. The van der Waals surface area contributed by atoms with E-state index in [1.807, 2.05) is 29.3 Å². The highest BCUT2D eigenvalue weighted by Crippen LogP contribution is 2.11. The topological polar surface area (TPSA) is 69.6 Å². The number of nitrogens with one attached hydrogen (secondary N) is 1. The molecule has 0 saturated heterocycles. The van der Waals surface area contributed by atoms with Crippen molar-refractivity contribution in [2.75, 3.05) is 19.6 Å². The third-order valence-corrected chi connectivity index (χ3v) is 3.07. The second kappa shape index (κ2) is 7.03. The maximum atomic E-state index is 11.4. The first kappa shape index (κ1) is 13.7. The molecule has 94 valence electrons. The molecular weight excluding hydrogens is 240 g/mol. The lowest BCUT2D eigenvalue weighted by Crippen LogP contribution is -2.38. The van der Waals surface area contributed by atoms with Crippen LogP contribution in [0, 0.1) is 0 Å². The number of rotatable bonds is 7. The Bertz CT molecular complexity index is 365. The number of hydrogen-bond acceptors (Lipinski definition) is 4. The Labute approximate surface area is 104 Å². The van der Waals surface area contributed by atoms with Crippen molar-refractivity contribution in [3.05, 3.63) is 22.4 Å². The first-order valence-electron chi connectivity index (χ1n) is 5.35. The van der Waals surface area contributed by atoms with E-state index in [4.69, 9.17) is 5.11 Å². The summed E-state index contributed by atoms with van der Waals surface area (Å²) in [7, 11) is 0. The molecule has 2 N–H and O–H groups in total. The van der Waals surface area contributed by atoms with Crippen LogP contribution in [0.3, 0.4) is 0 Å². The van der Waals surface area contributed by atoms with Crippen LogP contribution >= 0.6 is 11.3 Å². The summed E-state index contributed by atoms with van der Waals surface area (Å²) in [6.45, 7) is 3.34. The zero-order valence-electron chi connectivity index (χ0n) is 9.68. The van der Waals surface area contributed by atoms with E-state index in [-0.39, 0.29) is 19.0 Å². The number of likely N-dealkylation sites (N-methyl/N-ethyl adjacent to an activating group) is 1. The SMILES string of the molecule is CCN(CC(=O)NCC(=O)O)Cc1cccs1. The molecule has 1 aromatic heterocycles. The predicted molar refractivity (Wildman–Crippen MR) is 65.9 cm³/mol. The molecule has 0 atom stereocenters. The van der Waals surface area contributed by atoms with Crippen LogP contribution in [-0.4, -0.2) is 41.5 Å². The van der Waals surface area contributed by atoms with Gasteiger partial charge in [-0.2, -0.15) is 0 Å². The van der Waals surface area contributed by atoms with Gasteiger partial charge in [-0.25, -0.2) is 0 Å². The predicted octanol–water partition coefficient (Wildman–Crippen LogP) is 0.771. The second-order valence-electron chi connectivity index (χ2n) is 3.55. The van der Waals surface area contributed by atoms with E-state index in [1.54, 1.807) is 11.3 Å². The number of carboxylic acid groups (broad SMARTS) is 1. The van der Waals surface area contributed by atoms with Gasteiger partial charge in [0.2, 0.25) is 5.91 Å². The highest BCUT2D eigenvalue weighted by molar-refractivity contribution is 7.09. The van der Waals surface area contributed by atoms with Gasteiger partial charge in [0.05, 0.1) is 6.54 Å². The monoisotopic (exact) mass is 256 g/mol. The molecule has 17 heavy (non-hydrogen) atoms. The minimum Gasteiger partial charge on any atom is -0.480 e. The van der Waals surface area contributed by atoms with Crippen molar-refractivity contribution in [3.8, 4) is 0 Å². The average Bonchev–Trinajstić information content (AvgIpc) is 2.78. The molecule has 1 heterocycles. The molecule has 1 aromatic rings. The van der Waals surface area contributed by atoms with Crippen molar-refractivity contribution < 1.29 is 14.7 Å². The highest BCUT2D eigenvalue weighted by Gasteiger charge is 2.10. The smallest absolute Gasteiger partial charge is 0.322 e. The summed E-state index contributed by atoms with van der Waals surface area (Å²) in [6.07, 6.45) is 0. The van der Waals surface area contributed by atoms with Crippen LogP contribution in [-0.2, 0) is 16.1 Å². The van der Waals surface area contributed by atoms with Crippen LogP contribution in [0.15, 0.2) is 17.5 Å². The average molecular weight is 256 g/mol. The van der Waals surface area contributed by atoms with Crippen molar-refractivity contribution in [3.63, 3.8) is 0 Å². The number of carbonyl (C=O) groups excluding carboxylic acids is 1. The van der Waals surface area contributed by atoms with Gasteiger partial charge in [-0.05, 0) is 18.0 Å². The third kappa shape index (κ3) is 5.46. The quantitative estimate of drug-likeness (QED) is 0.756. The van der Waals surface area contributed by atoms with E-state index in [1.165, 1.54) is 4.88 Å². The van der Waals surface area contributed by atoms with Gasteiger partial charge < -0.3 is 10.4 Å². The van der Waals surface area contributed by atoms with Crippen molar-refractivity contribution in [2.24, 2.45) is 0 Å². The van der Waals surface area contributed by atoms with Gasteiger partial charge in [0.15, 0.2) is 0 Å². The lowest BCUT2D eigenvalue weighted by molar-refractivity contribution is -0.138. The Balaban J connectivity index is 2.36. The molecule has 0 saturated carbocycles. The largest absolute Gasteiger partial charge is 0.480 e. The lowest BCUT2D eigenvalue weighted by atomic mass is 10.4. The molecule has 1 rings (SSSR count). The number of amides is 1. The van der Waals surface area contributed by atoms with Crippen molar-refractivity contribution in [1.82, 2.24) is 10.2 Å². The van der Waals surface area contributed by atoms with Crippen LogP contribution in [0.4, 0.5) is 0 Å². The fourth-order valence-corrected chi connectivity index (χ4v) is 2.08. The summed E-state index contributed by atoms with van der Waals surface area (Å²) in [4.78, 5) is 24.9.